The maximum atomic E-state index is 11.4. The normalized spacial score (nSPS) is 21.5. The van der Waals surface area contributed by atoms with E-state index in [0.29, 0.717) is 6.42 Å². The third kappa shape index (κ3) is 4.68. The Morgan fingerprint density at radius 3 is 2.53 bits per heavy atom. The molecule has 0 spiro atoms. The fourth-order valence-electron chi connectivity index (χ4n) is 1.59. The second-order valence-corrected chi connectivity index (χ2v) is 7.21. The van der Waals surface area contributed by atoms with Crippen molar-refractivity contribution in [3.63, 3.8) is 0 Å². The molecule has 0 saturated carbocycles. The Kier molecular flexibility index (Phi) is 5.32. The van der Waals surface area contributed by atoms with Crippen molar-refractivity contribution < 1.29 is 8.42 Å². The van der Waals surface area contributed by atoms with Gasteiger partial charge in [0.15, 0.2) is 9.84 Å². The summed E-state index contributed by atoms with van der Waals surface area (Å²) >= 11 is 5.58. The van der Waals surface area contributed by atoms with Crippen LogP contribution >= 0.6 is 11.6 Å². The highest BCUT2D eigenvalue weighted by molar-refractivity contribution is 7.93. The molecule has 15 heavy (non-hydrogen) atoms. The summed E-state index contributed by atoms with van der Waals surface area (Å²) in [5.41, 5.74) is 0. The van der Waals surface area contributed by atoms with Gasteiger partial charge in [-0.25, -0.2) is 8.42 Å². The number of hydrogen-bond acceptors (Lipinski definition) is 4. The minimum atomic E-state index is -3.08. The van der Waals surface area contributed by atoms with Gasteiger partial charge in [-0.1, -0.05) is 0 Å². The van der Waals surface area contributed by atoms with E-state index in [1.807, 2.05) is 0 Å². The van der Waals surface area contributed by atoms with Crippen molar-refractivity contribution in [3.8, 4) is 0 Å². The van der Waals surface area contributed by atoms with Gasteiger partial charge in [0.05, 0.1) is 5.75 Å². The second-order valence-electron chi connectivity index (χ2n) is 3.86. The van der Waals surface area contributed by atoms with Crippen LogP contribution in [0.25, 0.3) is 0 Å². The summed E-state index contributed by atoms with van der Waals surface area (Å²) in [5, 5.41) is 3.26. The Bertz CT molecular complexity index is 274. The van der Waals surface area contributed by atoms with E-state index >= 15 is 0 Å². The lowest BCUT2D eigenvalue weighted by molar-refractivity contribution is 0.242. The van der Waals surface area contributed by atoms with Crippen LogP contribution in [0.15, 0.2) is 0 Å². The quantitative estimate of drug-likeness (QED) is 0.717. The number of hydrogen-bond donors (Lipinski definition) is 1. The van der Waals surface area contributed by atoms with Gasteiger partial charge in [-0.2, -0.15) is 0 Å². The summed E-state index contributed by atoms with van der Waals surface area (Å²) in [4.78, 5) is 2.28. The Labute approximate surface area is 96.9 Å². The van der Waals surface area contributed by atoms with Gasteiger partial charge in [0.2, 0.25) is 0 Å². The van der Waals surface area contributed by atoms with Gasteiger partial charge in [-0.15, -0.1) is 11.6 Å². The van der Waals surface area contributed by atoms with Crippen LogP contribution in [0.2, 0.25) is 0 Å². The average molecular weight is 255 g/mol. The van der Waals surface area contributed by atoms with E-state index in [9.17, 15) is 8.42 Å². The minimum Gasteiger partial charge on any atom is -0.314 e. The highest BCUT2D eigenvalue weighted by atomic mass is 35.5. The summed E-state index contributed by atoms with van der Waals surface area (Å²) in [6, 6.07) is 0. The van der Waals surface area contributed by atoms with E-state index in [1.165, 1.54) is 6.92 Å². The van der Waals surface area contributed by atoms with Gasteiger partial charge in [0.1, 0.15) is 4.71 Å². The molecule has 1 aliphatic rings. The first-order valence-electron chi connectivity index (χ1n) is 5.31. The van der Waals surface area contributed by atoms with Gasteiger partial charge in [-0.05, 0) is 19.9 Å². The van der Waals surface area contributed by atoms with Crippen molar-refractivity contribution >= 4 is 21.4 Å². The Morgan fingerprint density at radius 2 is 2.00 bits per heavy atom. The van der Waals surface area contributed by atoms with Crippen molar-refractivity contribution in [1.29, 1.82) is 0 Å². The molecule has 1 unspecified atom stereocenters. The Hall–Kier alpha value is 0.160. The number of nitrogens with one attached hydrogen (secondary N) is 1. The molecule has 90 valence electrons. The molecule has 1 N–H and O–H groups in total. The molecular formula is C9H19ClN2O2S. The largest absolute Gasteiger partial charge is 0.314 e. The molecule has 1 saturated heterocycles. The number of piperazine rings is 1. The molecule has 1 rings (SSSR count). The number of halogens is 1. The van der Waals surface area contributed by atoms with Crippen molar-refractivity contribution in [2.24, 2.45) is 0 Å². The van der Waals surface area contributed by atoms with Crippen LogP contribution in [0, 0.1) is 0 Å². The van der Waals surface area contributed by atoms with Crippen molar-refractivity contribution in [3.05, 3.63) is 0 Å². The molecule has 0 amide bonds. The predicted octanol–water partition coefficient (Wildman–Crippen LogP) is 0.281. The van der Waals surface area contributed by atoms with Crippen LogP contribution < -0.4 is 5.32 Å². The molecule has 1 fully saturated rings. The van der Waals surface area contributed by atoms with Crippen molar-refractivity contribution in [2.75, 3.05) is 38.5 Å². The lowest BCUT2D eigenvalue weighted by Gasteiger charge is -2.27. The molecule has 0 radical (unpaired) electrons. The van der Waals surface area contributed by atoms with Crippen LogP contribution in [-0.2, 0) is 9.84 Å². The average Bonchev–Trinajstić information content (AvgIpc) is 2.19. The molecule has 0 bridgehead atoms. The topological polar surface area (TPSA) is 49.4 Å². The molecule has 1 atom stereocenters. The highest BCUT2D eigenvalue weighted by Gasteiger charge is 2.18. The zero-order valence-electron chi connectivity index (χ0n) is 9.08. The predicted molar refractivity (Wildman–Crippen MR) is 63.0 cm³/mol. The Morgan fingerprint density at radius 1 is 1.40 bits per heavy atom. The molecule has 1 heterocycles. The maximum absolute atomic E-state index is 11.4. The molecule has 1 aliphatic heterocycles. The molecule has 0 aliphatic carbocycles. The molecule has 0 aromatic rings. The first-order valence-corrected chi connectivity index (χ1v) is 7.46. The smallest absolute Gasteiger partial charge is 0.166 e. The molecule has 4 nitrogen and oxygen atoms in total. The molecular weight excluding hydrogens is 236 g/mol. The lowest BCUT2D eigenvalue weighted by Crippen LogP contribution is -2.44. The first kappa shape index (κ1) is 13.2. The fourth-order valence-corrected chi connectivity index (χ4v) is 2.71. The van der Waals surface area contributed by atoms with E-state index in [2.05, 4.69) is 10.2 Å². The van der Waals surface area contributed by atoms with Crippen LogP contribution in [0.3, 0.4) is 0 Å². The van der Waals surface area contributed by atoms with Gasteiger partial charge < -0.3 is 10.2 Å². The maximum Gasteiger partial charge on any atom is 0.166 e. The van der Waals surface area contributed by atoms with Crippen LogP contribution in [0.4, 0.5) is 0 Å². The summed E-state index contributed by atoms with van der Waals surface area (Å²) < 4.78 is 22.1. The summed E-state index contributed by atoms with van der Waals surface area (Å²) in [6.07, 6.45) is 0.680. The summed E-state index contributed by atoms with van der Waals surface area (Å²) in [5.74, 6) is 0.196. The third-order valence-corrected chi connectivity index (χ3v) is 5.27. The zero-order valence-corrected chi connectivity index (χ0v) is 10.6. The van der Waals surface area contributed by atoms with Gasteiger partial charge in [0.25, 0.3) is 0 Å². The number of nitrogens with zero attached hydrogens (tertiary/aromatic N) is 1. The third-order valence-electron chi connectivity index (χ3n) is 2.61. The highest BCUT2D eigenvalue weighted by Crippen LogP contribution is 2.08. The van der Waals surface area contributed by atoms with E-state index in [0.717, 1.165) is 32.7 Å². The van der Waals surface area contributed by atoms with Gasteiger partial charge >= 0.3 is 0 Å². The molecule has 6 heteroatoms. The zero-order chi connectivity index (χ0) is 11.3. The molecule has 0 aromatic heterocycles. The van der Waals surface area contributed by atoms with Crippen molar-refractivity contribution in [1.82, 2.24) is 10.2 Å². The molecule has 0 aromatic carbocycles. The number of rotatable bonds is 5. The van der Waals surface area contributed by atoms with E-state index in [4.69, 9.17) is 11.6 Å². The monoisotopic (exact) mass is 254 g/mol. The van der Waals surface area contributed by atoms with Crippen LogP contribution in [-0.4, -0.2) is 56.5 Å². The van der Waals surface area contributed by atoms with Gasteiger partial charge in [0, 0.05) is 26.2 Å². The van der Waals surface area contributed by atoms with E-state index < -0.39 is 14.5 Å². The van der Waals surface area contributed by atoms with Crippen LogP contribution in [0.5, 0.6) is 0 Å². The van der Waals surface area contributed by atoms with E-state index in [1.54, 1.807) is 0 Å². The van der Waals surface area contributed by atoms with E-state index in [-0.39, 0.29) is 5.75 Å². The number of alkyl halides is 1. The Balaban J connectivity index is 2.20. The number of sulfone groups is 1. The standard InChI is InChI=1S/C9H19ClN2O2S/c1-9(10)15(13,14)8-2-5-12-6-3-11-4-7-12/h9,11H,2-8H2,1H3. The second kappa shape index (κ2) is 6.03. The first-order chi connectivity index (χ1) is 7.02. The summed E-state index contributed by atoms with van der Waals surface area (Å²) in [6.45, 7) is 6.39. The fraction of sp³-hybridized carbons (Fsp3) is 1.00. The minimum absolute atomic E-state index is 0.196. The SMILES string of the molecule is CC(Cl)S(=O)(=O)CCCN1CCNCC1. The lowest BCUT2D eigenvalue weighted by atomic mass is 10.3. The van der Waals surface area contributed by atoms with Crippen molar-refractivity contribution in [2.45, 2.75) is 18.1 Å². The van der Waals surface area contributed by atoms with Crippen LogP contribution in [0.1, 0.15) is 13.3 Å². The summed E-state index contributed by atoms with van der Waals surface area (Å²) in [7, 11) is -3.08. The van der Waals surface area contributed by atoms with Gasteiger partial charge in [-0.3, -0.25) is 0 Å².